The normalized spacial score (nSPS) is 21.1. The third-order valence-electron chi connectivity index (χ3n) is 2.39. The van der Waals surface area contributed by atoms with E-state index in [1.165, 1.54) is 5.57 Å². The molecule has 1 aliphatic rings. The summed E-state index contributed by atoms with van der Waals surface area (Å²) < 4.78 is 0. The molecule has 0 amide bonds. The van der Waals surface area contributed by atoms with Crippen molar-refractivity contribution in [3.8, 4) is 0 Å². The van der Waals surface area contributed by atoms with Crippen LogP contribution in [0.1, 0.15) is 27.7 Å². The zero-order chi connectivity index (χ0) is 12.2. The monoisotopic (exact) mass is 215 g/mol. The Bertz CT molecular complexity index is 376. The van der Waals surface area contributed by atoms with Crippen LogP contribution in [0.25, 0.3) is 0 Å². The molecule has 1 nitrogen and oxygen atoms in total. The Labute approximate surface area is 99.0 Å². The second-order valence-electron chi connectivity index (χ2n) is 4.95. The zero-order valence-corrected chi connectivity index (χ0v) is 10.7. The van der Waals surface area contributed by atoms with Crippen LogP contribution in [0.2, 0.25) is 0 Å². The van der Waals surface area contributed by atoms with E-state index in [1.807, 2.05) is 18.2 Å². The molecule has 0 aromatic heterocycles. The summed E-state index contributed by atoms with van der Waals surface area (Å²) in [6.45, 7) is 12.3. The molecule has 0 N–H and O–H groups in total. The second kappa shape index (κ2) is 5.11. The number of rotatable bonds is 3. The Kier molecular flexibility index (Phi) is 4.05. The van der Waals surface area contributed by atoms with Crippen LogP contribution in [0.15, 0.2) is 53.6 Å². The molecule has 0 bridgehead atoms. The fourth-order valence-electron chi connectivity index (χ4n) is 1.47. The Balaban J connectivity index is 3.07. The van der Waals surface area contributed by atoms with Crippen LogP contribution in [-0.2, 0) is 0 Å². The van der Waals surface area contributed by atoms with Crippen molar-refractivity contribution in [2.45, 2.75) is 33.7 Å². The third-order valence-corrected chi connectivity index (χ3v) is 2.39. The molecular formula is C15H21N. The van der Waals surface area contributed by atoms with Gasteiger partial charge in [-0.2, -0.15) is 0 Å². The first-order valence-electron chi connectivity index (χ1n) is 5.74. The largest absolute Gasteiger partial charge is 0.282 e. The van der Waals surface area contributed by atoms with E-state index < -0.39 is 0 Å². The molecule has 0 aromatic carbocycles. The lowest BCUT2D eigenvalue weighted by atomic mass is 9.88. The van der Waals surface area contributed by atoms with Crippen LogP contribution in [-0.4, -0.2) is 11.8 Å². The number of hydrogen-bond donors (Lipinski definition) is 0. The molecule has 0 spiro atoms. The summed E-state index contributed by atoms with van der Waals surface area (Å²) in [5.74, 6) is 0. The van der Waals surface area contributed by atoms with Gasteiger partial charge in [0.25, 0.3) is 0 Å². The minimum Gasteiger partial charge on any atom is -0.282 e. The molecule has 1 rings (SSSR count). The van der Waals surface area contributed by atoms with Crippen LogP contribution in [0, 0.1) is 5.41 Å². The Morgan fingerprint density at radius 2 is 1.88 bits per heavy atom. The maximum Gasteiger partial charge on any atom is 0.0646 e. The van der Waals surface area contributed by atoms with Gasteiger partial charge in [0.2, 0.25) is 0 Å². The first-order valence-corrected chi connectivity index (χ1v) is 5.74. The van der Waals surface area contributed by atoms with Crippen molar-refractivity contribution >= 4 is 5.71 Å². The third kappa shape index (κ3) is 3.65. The van der Waals surface area contributed by atoms with E-state index in [9.17, 15) is 0 Å². The van der Waals surface area contributed by atoms with Crippen molar-refractivity contribution < 1.29 is 0 Å². The standard InChI is InChI=1S/C15H21N/c1-6-15(4,5)11-13-9-7-8-10-14(13)16-12(2)3/h6-12H,1H2,2-5H3/b13-11-,16-14?. The number of hydrogen-bond acceptors (Lipinski definition) is 1. The van der Waals surface area contributed by atoms with Crippen LogP contribution >= 0.6 is 0 Å². The highest BCUT2D eigenvalue weighted by Crippen LogP contribution is 2.23. The average molecular weight is 215 g/mol. The summed E-state index contributed by atoms with van der Waals surface area (Å²) in [6.07, 6.45) is 12.4. The molecule has 0 aromatic rings. The highest BCUT2D eigenvalue weighted by molar-refractivity contribution is 6.11. The van der Waals surface area contributed by atoms with Gasteiger partial charge in [-0.25, -0.2) is 0 Å². The molecule has 0 aliphatic heterocycles. The zero-order valence-electron chi connectivity index (χ0n) is 10.7. The highest BCUT2D eigenvalue weighted by atomic mass is 14.8. The summed E-state index contributed by atoms with van der Waals surface area (Å²) >= 11 is 0. The van der Waals surface area contributed by atoms with Gasteiger partial charge in [0.1, 0.15) is 0 Å². The molecule has 0 fully saturated rings. The van der Waals surface area contributed by atoms with Gasteiger partial charge in [-0.1, -0.05) is 44.2 Å². The van der Waals surface area contributed by atoms with E-state index in [4.69, 9.17) is 0 Å². The minimum atomic E-state index is 0.00258. The summed E-state index contributed by atoms with van der Waals surface area (Å²) in [5.41, 5.74) is 2.25. The van der Waals surface area contributed by atoms with E-state index in [-0.39, 0.29) is 5.41 Å². The topological polar surface area (TPSA) is 12.4 Å². The summed E-state index contributed by atoms with van der Waals surface area (Å²) in [4.78, 5) is 4.61. The maximum absolute atomic E-state index is 4.61. The van der Waals surface area contributed by atoms with Crippen molar-refractivity contribution in [3.05, 3.63) is 48.6 Å². The minimum absolute atomic E-state index is 0.00258. The molecule has 16 heavy (non-hydrogen) atoms. The SMILES string of the molecule is C=CC(C)(C)/C=C1/C=CC=CC1=NC(C)C. The van der Waals surface area contributed by atoms with Crippen molar-refractivity contribution in [2.24, 2.45) is 10.4 Å². The first kappa shape index (κ1) is 12.7. The van der Waals surface area contributed by atoms with Gasteiger partial charge < -0.3 is 0 Å². The van der Waals surface area contributed by atoms with Gasteiger partial charge in [-0.05, 0) is 25.5 Å². The van der Waals surface area contributed by atoms with Crippen molar-refractivity contribution in [2.75, 3.05) is 0 Å². The van der Waals surface area contributed by atoms with E-state index in [0.29, 0.717) is 6.04 Å². The molecule has 0 saturated heterocycles. The molecule has 0 saturated carbocycles. The molecule has 86 valence electrons. The van der Waals surface area contributed by atoms with E-state index in [0.717, 1.165) is 5.71 Å². The smallest absolute Gasteiger partial charge is 0.0646 e. The number of aliphatic imine (C=N–C) groups is 1. The molecule has 1 heteroatoms. The summed E-state index contributed by atoms with van der Waals surface area (Å²) in [5, 5.41) is 0. The van der Waals surface area contributed by atoms with Crippen LogP contribution in [0.5, 0.6) is 0 Å². The van der Waals surface area contributed by atoms with Gasteiger partial charge in [0.05, 0.1) is 5.71 Å². The Morgan fingerprint density at radius 3 is 2.44 bits per heavy atom. The maximum atomic E-state index is 4.61. The molecular weight excluding hydrogens is 194 g/mol. The van der Waals surface area contributed by atoms with Gasteiger partial charge in [-0.3, -0.25) is 4.99 Å². The van der Waals surface area contributed by atoms with Gasteiger partial charge >= 0.3 is 0 Å². The van der Waals surface area contributed by atoms with Crippen molar-refractivity contribution in [1.29, 1.82) is 0 Å². The molecule has 0 unspecified atom stereocenters. The Hall–Kier alpha value is -1.37. The lowest BCUT2D eigenvalue weighted by Crippen LogP contribution is -2.10. The van der Waals surface area contributed by atoms with Crippen molar-refractivity contribution in [1.82, 2.24) is 0 Å². The predicted molar refractivity (Wildman–Crippen MR) is 72.9 cm³/mol. The second-order valence-corrected chi connectivity index (χ2v) is 4.95. The number of allylic oxidation sites excluding steroid dienone is 7. The van der Waals surface area contributed by atoms with Gasteiger partial charge in [-0.15, -0.1) is 6.58 Å². The quantitative estimate of drug-likeness (QED) is 0.628. The van der Waals surface area contributed by atoms with Gasteiger partial charge in [0, 0.05) is 11.5 Å². The van der Waals surface area contributed by atoms with Gasteiger partial charge in [0.15, 0.2) is 0 Å². The average Bonchev–Trinajstić information content (AvgIpc) is 2.20. The summed E-state index contributed by atoms with van der Waals surface area (Å²) in [6, 6.07) is 0.321. The lowest BCUT2D eigenvalue weighted by Gasteiger charge is -2.17. The highest BCUT2D eigenvalue weighted by Gasteiger charge is 2.13. The molecule has 1 aliphatic carbocycles. The lowest BCUT2D eigenvalue weighted by molar-refractivity contribution is 0.626. The van der Waals surface area contributed by atoms with E-state index in [1.54, 1.807) is 0 Å². The summed E-state index contributed by atoms with van der Waals surface area (Å²) in [7, 11) is 0. The molecule has 0 heterocycles. The number of nitrogens with zero attached hydrogens (tertiary/aromatic N) is 1. The van der Waals surface area contributed by atoms with E-state index in [2.05, 4.69) is 57.5 Å². The molecule has 0 radical (unpaired) electrons. The predicted octanol–water partition coefficient (Wildman–Crippen LogP) is 4.10. The molecule has 0 atom stereocenters. The van der Waals surface area contributed by atoms with E-state index >= 15 is 0 Å². The van der Waals surface area contributed by atoms with Crippen LogP contribution in [0.3, 0.4) is 0 Å². The Morgan fingerprint density at radius 1 is 1.25 bits per heavy atom. The first-order chi connectivity index (χ1) is 7.44. The van der Waals surface area contributed by atoms with Crippen LogP contribution < -0.4 is 0 Å². The fourth-order valence-corrected chi connectivity index (χ4v) is 1.47. The van der Waals surface area contributed by atoms with Crippen molar-refractivity contribution in [3.63, 3.8) is 0 Å². The van der Waals surface area contributed by atoms with Crippen LogP contribution in [0.4, 0.5) is 0 Å². The fraction of sp³-hybridized carbons (Fsp3) is 0.400.